The fourth-order valence-corrected chi connectivity index (χ4v) is 8.70. The highest BCUT2D eigenvalue weighted by molar-refractivity contribution is 5.83. The second kappa shape index (κ2) is 13.6. The minimum Gasteiger partial charge on any atom is -0.461 e. The van der Waals surface area contributed by atoms with E-state index in [-0.39, 0.29) is 122 Å². The summed E-state index contributed by atoms with van der Waals surface area (Å²) in [5.41, 5.74) is -2.54. The molecule has 0 saturated carbocycles. The largest absolute Gasteiger partial charge is 0.461 e. The first-order chi connectivity index (χ1) is 29.9. The van der Waals surface area contributed by atoms with E-state index in [1.807, 2.05) is 0 Å². The smallest absolute Gasteiger partial charge is 0.302 e. The number of carbonyl (C=O) groups excluding carboxylic acids is 3. The van der Waals surface area contributed by atoms with Crippen LogP contribution in [0, 0.1) is 0 Å². The van der Waals surface area contributed by atoms with E-state index in [0.29, 0.717) is 0 Å². The van der Waals surface area contributed by atoms with Gasteiger partial charge < -0.3 is 76.2 Å². The molecule has 0 fully saturated rings. The second-order valence-electron chi connectivity index (χ2n) is 19.2. The normalized spacial score (nSPS) is 20.1. The molecular formula is C46H52O19. The molecule has 65 heavy (non-hydrogen) atoms. The van der Waals surface area contributed by atoms with Crippen LogP contribution >= 0.6 is 0 Å². The SMILES string of the molecule is CC(=O)OCc1c2c(c(C(O)(c3c4c(c(COC(C)=O)c5c3OC(C)(C)O5)OC(C)(C)O4)c3c4c(c(COC(C)=O)c5c3OC(C)(C)O5)OC(C)(C)O4)c3c1OC(C)(C)O3)OC(C)(C)O2. The first-order valence-electron chi connectivity index (χ1n) is 21.0. The van der Waals surface area contributed by atoms with Crippen LogP contribution in [0.3, 0.4) is 0 Å². The molecule has 0 atom stereocenters. The molecule has 19 heteroatoms. The summed E-state index contributed by atoms with van der Waals surface area (Å²) in [6, 6.07) is 0. The molecule has 0 aliphatic carbocycles. The van der Waals surface area contributed by atoms with Gasteiger partial charge in [-0.2, -0.15) is 0 Å². The van der Waals surface area contributed by atoms with Crippen LogP contribution < -0.4 is 56.8 Å². The summed E-state index contributed by atoms with van der Waals surface area (Å²) >= 11 is 0. The molecule has 3 aromatic rings. The molecule has 0 aromatic heterocycles. The van der Waals surface area contributed by atoms with Gasteiger partial charge in [0.15, 0.2) is 74.6 Å². The van der Waals surface area contributed by atoms with Crippen molar-refractivity contribution in [3.05, 3.63) is 33.4 Å². The maximum Gasteiger partial charge on any atom is 0.302 e. The molecule has 19 nitrogen and oxygen atoms in total. The van der Waals surface area contributed by atoms with Gasteiger partial charge in [0.25, 0.3) is 0 Å². The van der Waals surface area contributed by atoms with Crippen LogP contribution in [0.5, 0.6) is 69.0 Å². The zero-order valence-corrected chi connectivity index (χ0v) is 38.9. The molecule has 6 heterocycles. The van der Waals surface area contributed by atoms with Crippen molar-refractivity contribution in [2.75, 3.05) is 0 Å². The van der Waals surface area contributed by atoms with Gasteiger partial charge in [-0.1, -0.05) is 0 Å². The lowest BCUT2D eigenvalue weighted by Gasteiger charge is -2.35. The van der Waals surface area contributed by atoms with E-state index in [1.54, 1.807) is 83.1 Å². The van der Waals surface area contributed by atoms with Crippen molar-refractivity contribution in [2.45, 2.75) is 164 Å². The molecule has 6 aliphatic rings. The highest BCUT2D eigenvalue weighted by atomic mass is 16.8. The molecule has 0 amide bonds. The zero-order valence-electron chi connectivity index (χ0n) is 38.9. The summed E-state index contributed by atoms with van der Waals surface area (Å²) in [5, 5.41) is 15.1. The van der Waals surface area contributed by atoms with Gasteiger partial charge >= 0.3 is 17.9 Å². The van der Waals surface area contributed by atoms with Gasteiger partial charge in [0.05, 0.1) is 33.4 Å². The topological polar surface area (TPSA) is 210 Å². The first kappa shape index (κ1) is 43.9. The molecule has 9 rings (SSSR count). The Morgan fingerprint density at radius 1 is 0.354 bits per heavy atom. The van der Waals surface area contributed by atoms with E-state index in [2.05, 4.69) is 0 Å². The summed E-state index contributed by atoms with van der Waals surface area (Å²) in [7, 11) is 0. The van der Waals surface area contributed by atoms with Crippen molar-refractivity contribution < 1.29 is 90.5 Å². The van der Waals surface area contributed by atoms with Crippen LogP contribution in [0.25, 0.3) is 0 Å². The predicted octanol–water partition coefficient (Wildman–Crippen LogP) is 7.20. The monoisotopic (exact) mass is 908 g/mol. The predicted molar refractivity (Wildman–Crippen MR) is 220 cm³/mol. The Morgan fingerprint density at radius 2 is 0.508 bits per heavy atom. The van der Waals surface area contributed by atoms with Crippen LogP contribution in [0.4, 0.5) is 0 Å². The van der Waals surface area contributed by atoms with Crippen molar-refractivity contribution >= 4 is 17.9 Å². The van der Waals surface area contributed by atoms with Crippen LogP contribution in [-0.4, -0.2) is 57.7 Å². The Balaban J connectivity index is 1.51. The van der Waals surface area contributed by atoms with Crippen molar-refractivity contribution in [1.29, 1.82) is 0 Å². The van der Waals surface area contributed by atoms with E-state index in [0.717, 1.165) is 0 Å². The number of carbonyl (C=O) groups is 3. The molecule has 350 valence electrons. The third kappa shape index (κ3) is 7.09. The van der Waals surface area contributed by atoms with Gasteiger partial charge in [0, 0.05) is 104 Å². The van der Waals surface area contributed by atoms with Crippen molar-refractivity contribution in [3.63, 3.8) is 0 Å². The molecule has 0 unspecified atom stereocenters. The van der Waals surface area contributed by atoms with Crippen molar-refractivity contribution in [3.8, 4) is 69.0 Å². The summed E-state index contributed by atoms with van der Waals surface area (Å²) in [6.07, 6.45) is 0. The highest BCUT2D eigenvalue weighted by Crippen LogP contribution is 2.71. The van der Waals surface area contributed by atoms with Gasteiger partial charge in [-0.25, -0.2) is 0 Å². The fourth-order valence-electron chi connectivity index (χ4n) is 8.70. The average Bonchev–Trinajstić information content (AvgIpc) is 3.95. The first-order valence-corrected chi connectivity index (χ1v) is 21.0. The fraction of sp³-hybridized carbons (Fsp3) is 0.543. The Labute approximate surface area is 374 Å². The van der Waals surface area contributed by atoms with Gasteiger partial charge in [-0.3, -0.25) is 14.4 Å². The quantitative estimate of drug-likeness (QED) is 0.128. The van der Waals surface area contributed by atoms with Crippen LogP contribution in [0.1, 0.15) is 137 Å². The molecule has 0 bridgehead atoms. The van der Waals surface area contributed by atoms with E-state index < -0.39 is 58.2 Å². The number of ether oxygens (including phenoxy) is 15. The van der Waals surface area contributed by atoms with E-state index in [1.165, 1.54) is 20.8 Å². The lowest BCUT2D eigenvalue weighted by Crippen LogP contribution is -2.36. The molecular weight excluding hydrogens is 856 g/mol. The standard InChI is InChI=1S/C46H52O19/c1-19(47)51-16-22-28-34(60-40(4,5)54-28)25(35-29(22)55-41(6,7)61-35)46(50,26-36-30(56-42(8,9)62-36)23(17-52-20(2)48)31-37(26)63-43(10,11)57-31)27-38-32(58-44(12,13)64-38)24(18-53-21(3)49)33-39(27)65-45(14,15)59-33/h50H,16-18H2,1-15H3. The number of hydrogen-bond donors (Lipinski definition) is 1. The third-order valence-corrected chi connectivity index (χ3v) is 10.8. The Kier molecular flexibility index (Phi) is 9.17. The summed E-state index contributed by atoms with van der Waals surface area (Å²) in [4.78, 5) is 37.1. The lowest BCUT2D eigenvalue weighted by molar-refractivity contribution is -0.143. The second-order valence-corrected chi connectivity index (χ2v) is 19.2. The Morgan fingerprint density at radius 3 is 0.662 bits per heavy atom. The van der Waals surface area contributed by atoms with Crippen LogP contribution in [0.15, 0.2) is 0 Å². The molecule has 1 N–H and O–H groups in total. The van der Waals surface area contributed by atoms with Crippen LogP contribution in [0.2, 0.25) is 0 Å². The summed E-state index contributed by atoms with van der Waals surface area (Å²) in [6.45, 7) is 22.5. The van der Waals surface area contributed by atoms with Crippen molar-refractivity contribution in [2.24, 2.45) is 0 Å². The van der Waals surface area contributed by atoms with E-state index in [4.69, 9.17) is 71.1 Å². The zero-order chi connectivity index (χ0) is 47.4. The molecule has 3 aromatic carbocycles. The molecule has 6 aliphatic heterocycles. The number of aliphatic hydroxyl groups is 1. The van der Waals surface area contributed by atoms with E-state index in [9.17, 15) is 14.4 Å². The number of rotatable bonds is 9. The van der Waals surface area contributed by atoms with Crippen LogP contribution in [-0.2, 0) is 54.0 Å². The highest BCUT2D eigenvalue weighted by Gasteiger charge is 2.62. The number of hydrogen-bond acceptors (Lipinski definition) is 19. The molecule has 0 radical (unpaired) electrons. The Bertz CT molecular complexity index is 2220. The van der Waals surface area contributed by atoms with Gasteiger partial charge in [0.2, 0.25) is 34.7 Å². The maximum absolute atomic E-state index is 15.1. The van der Waals surface area contributed by atoms with Crippen molar-refractivity contribution in [1.82, 2.24) is 0 Å². The Hall–Kier alpha value is -6.37. The molecule has 0 saturated heterocycles. The number of esters is 3. The van der Waals surface area contributed by atoms with Gasteiger partial charge in [-0.05, 0) is 0 Å². The number of benzene rings is 3. The lowest BCUT2D eigenvalue weighted by atomic mass is 9.75. The average molecular weight is 909 g/mol. The van der Waals surface area contributed by atoms with E-state index >= 15 is 5.11 Å². The summed E-state index contributed by atoms with van der Waals surface area (Å²) < 4.78 is 96.1. The molecule has 0 spiro atoms. The maximum atomic E-state index is 15.1. The number of fused-ring (bicyclic) bond motifs is 6. The summed E-state index contributed by atoms with van der Waals surface area (Å²) in [5.74, 6) is -10.6. The van der Waals surface area contributed by atoms with Gasteiger partial charge in [0.1, 0.15) is 19.8 Å². The minimum absolute atomic E-state index is 0.0363. The van der Waals surface area contributed by atoms with Gasteiger partial charge in [-0.15, -0.1) is 0 Å². The third-order valence-electron chi connectivity index (χ3n) is 10.8. The minimum atomic E-state index is -2.79.